The second-order valence-electron chi connectivity index (χ2n) is 6.50. The lowest BCUT2D eigenvalue weighted by Gasteiger charge is -2.09. The van der Waals surface area contributed by atoms with E-state index in [-0.39, 0.29) is 11.9 Å². The molecule has 0 fully saturated rings. The highest BCUT2D eigenvalue weighted by Crippen LogP contribution is 2.29. The number of ether oxygens (including phenoxy) is 2. The molecule has 0 unspecified atom stereocenters. The highest BCUT2D eigenvalue weighted by Gasteiger charge is 2.10. The fourth-order valence-corrected chi connectivity index (χ4v) is 3.50. The van der Waals surface area contributed by atoms with Crippen LogP contribution in [0, 0.1) is 0 Å². The molecule has 3 aromatic rings. The molecule has 1 amide bonds. The molecule has 0 aliphatic heterocycles. The number of methoxy groups -OCH3 is 1. The first-order chi connectivity index (χ1) is 15.0. The topological polar surface area (TPSA) is 77.5 Å². The number of amides is 1. The summed E-state index contributed by atoms with van der Waals surface area (Å²) in [5, 5.41) is 5.77. The molecule has 6 nitrogen and oxygen atoms in total. The lowest BCUT2D eigenvalue weighted by molar-refractivity contribution is -0.134. The molecule has 1 aromatic heterocycles. The molecule has 1 N–H and O–H groups in total. The largest absolute Gasteiger partial charge is 0.493 e. The van der Waals surface area contributed by atoms with Gasteiger partial charge in [-0.05, 0) is 42.3 Å². The van der Waals surface area contributed by atoms with Crippen LogP contribution in [-0.2, 0) is 9.59 Å². The Bertz CT molecular complexity index is 1090. The Morgan fingerprint density at radius 1 is 1.16 bits per heavy atom. The van der Waals surface area contributed by atoms with Gasteiger partial charge in [-0.15, -0.1) is 11.3 Å². The first kappa shape index (κ1) is 22.5. The second kappa shape index (κ2) is 10.7. The SMILES string of the molecule is CCCC(=O)Oc1ccc(C=CC(=O)Nc2nc(-c3ccc(Cl)cc3)cs2)cc1OC. The van der Waals surface area contributed by atoms with Gasteiger partial charge >= 0.3 is 5.97 Å². The van der Waals surface area contributed by atoms with Gasteiger partial charge in [-0.2, -0.15) is 0 Å². The number of hydrogen-bond acceptors (Lipinski definition) is 6. The van der Waals surface area contributed by atoms with E-state index in [4.69, 9.17) is 21.1 Å². The van der Waals surface area contributed by atoms with Crippen molar-refractivity contribution in [3.8, 4) is 22.8 Å². The lowest BCUT2D eigenvalue weighted by atomic mass is 10.2. The molecule has 0 saturated carbocycles. The van der Waals surface area contributed by atoms with Crippen LogP contribution in [0.1, 0.15) is 25.3 Å². The van der Waals surface area contributed by atoms with E-state index in [0.29, 0.717) is 34.5 Å². The maximum Gasteiger partial charge on any atom is 0.311 e. The minimum absolute atomic E-state index is 0.311. The molecule has 0 spiro atoms. The third-order valence-corrected chi connectivity index (χ3v) is 5.18. The predicted molar refractivity (Wildman–Crippen MR) is 124 cm³/mol. The molecule has 0 saturated heterocycles. The van der Waals surface area contributed by atoms with Gasteiger partial charge in [0.05, 0.1) is 12.8 Å². The third-order valence-electron chi connectivity index (χ3n) is 4.17. The van der Waals surface area contributed by atoms with E-state index in [1.165, 1.54) is 24.5 Å². The van der Waals surface area contributed by atoms with Crippen LogP contribution in [0.2, 0.25) is 5.02 Å². The normalized spacial score (nSPS) is 10.8. The molecule has 1 heterocycles. The van der Waals surface area contributed by atoms with Gasteiger partial charge in [-0.3, -0.25) is 14.9 Å². The van der Waals surface area contributed by atoms with Gasteiger partial charge in [0.25, 0.3) is 0 Å². The Morgan fingerprint density at radius 2 is 1.94 bits per heavy atom. The van der Waals surface area contributed by atoms with Crippen molar-refractivity contribution in [2.45, 2.75) is 19.8 Å². The van der Waals surface area contributed by atoms with E-state index in [0.717, 1.165) is 16.8 Å². The fraction of sp³-hybridized carbons (Fsp3) is 0.174. The van der Waals surface area contributed by atoms with Gasteiger partial charge in [-0.25, -0.2) is 4.98 Å². The number of thiazole rings is 1. The Kier molecular flexibility index (Phi) is 7.81. The predicted octanol–water partition coefficient (Wildman–Crippen LogP) is 5.83. The van der Waals surface area contributed by atoms with Gasteiger partial charge < -0.3 is 9.47 Å². The lowest BCUT2D eigenvalue weighted by Crippen LogP contribution is -2.08. The van der Waals surface area contributed by atoms with E-state index in [1.807, 2.05) is 24.4 Å². The zero-order valence-corrected chi connectivity index (χ0v) is 18.6. The van der Waals surface area contributed by atoms with Crippen LogP contribution < -0.4 is 14.8 Å². The molecular formula is C23H21ClN2O4S. The molecule has 31 heavy (non-hydrogen) atoms. The van der Waals surface area contributed by atoms with Crippen molar-refractivity contribution >= 4 is 46.0 Å². The van der Waals surface area contributed by atoms with E-state index in [2.05, 4.69) is 10.3 Å². The van der Waals surface area contributed by atoms with Crippen molar-refractivity contribution in [3.63, 3.8) is 0 Å². The fourth-order valence-electron chi connectivity index (χ4n) is 2.65. The van der Waals surface area contributed by atoms with Crippen molar-refractivity contribution in [2.24, 2.45) is 0 Å². The monoisotopic (exact) mass is 456 g/mol. The molecule has 8 heteroatoms. The molecule has 0 radical (unpaired) electrons. The molecule has 0 atom stereocenters. The van der Waals surface area contributed by atoms with Gasteiger partial charge in [0.2, 0.25) is 5.91 Å². The number of rotatable bonds is 8. The minimum atomic E-state index is -0.315. The zero-order chi connectivity index (χ0) is 22.2. The zero-order valence-electron chi connectivity index (χ0n) is 17.1. The highest BCUT2D eigenvalue weighted by molar-refractivity contribution is 7.14. The number of hydrogen-bond donors (Lipinski definition) is 1. The van der Waals surface area contributed by atoms with Crippen LogP contribution in [0.25, 0.3) is 17.3 Å². The number of carbonyl (C=O) groups excluding carboxylic acids is 2. The van der Waals surface area contributed by atoms with Crippen molar-refractivity contribution in [1.82, 2.24) is 4.98 Å². The quantitative estimate of drug-likeness (QED) is 0.262. The summed E-state index contributed by atoms with van der Waals surface area (Å²) >= 11 is 7.25. The highest BCUT2D eigenvalue weighted by atomic mass is 35.5. The summed E-state index contributed by atoms with van der Waals surface area (Å²) in [6.07, 6.45) is 4.09. The third kappa shape index (κ3) is 6.41. The molecule has 3 rings (SSSR count). The van der Waals surface area contributed by atoms with Gasteiger partial charge in [-0.1, -0.05) is 36.7 Å². The van der Waals surface area contributed by atoms with Crippen LogP contribution in [0.15, 0.2) is 53.9 Å². The van der Waals surface area contributed by atoms with E-state index >= 15 is 0 Å². The second-order valence-corrected chi connectivity index (χ2v) is 7.80. The standard InChI is InChI=1S/C23H21ClN2O4S/c1-3-4-22(28)30-19-11-5-15(13-20(19)29-2)6-12-21(27)26-23-25-18(14-31-23)16-7-9-17(24)10-8-16/h5-14H,3-4H2,1-2H3,(H,25,26,27). The molecule has 0 aliphatic carbocycles. The number of carbonyl (C=O) groups is 2. The smallest absolute Gasteiger partial charge is 0.311 e. The van der Waals surface area contributed by atoms with Gasteiger partial charge in [0.15, 0.2) is 16.6 Å². The number of benzene rings is 2. The number of halogens is 1. The van der Waals surface area contributed by atoms with Crippen LogP contribution >= 0.6 is 22.9 Å². The number of aromatic nitrogens is 1. The maximum absolute atomic E-state index is 12.3. The van der Waals surface area contributed by atoms with Crippen molar-refractivity contribution in [1.29, 1.82) is 0 Å². The van der Waals surface area contributed by atoms with Gasteiger partial charge in [0.1, 0.15) is 0 Å². The van der Waals surface area contributed by atoms with E-state index in [9.17, 15) is 9.59 Å². The van der Waals surface area contributed by atoms with Crippen LogP contribution in [-0.4, -0.2) is 24.0 Å². The molecular weight excluding hydrogens is 436 g/mol. The Morgan fingerprint density at radius 3 is 2.65 bits per heavy atom. The summed E-state index contributed by atoms with van der Waals surface area (Å²) in [6, 6.07) is 12.4. The molecule has 0 bridgehead atoms. The van der Waals surface area contributed by atoms with Crippen LogP contribution in [0.4, 0.5) is 5.13 Å². The maximum atomic E-state index is 12.3. The Labute approximate surface area is 189 Å². The summed E-state index contributed by atoms with van der Waals surface area (Å²) < 4.78 is 10.6. The number of nitrogens with one attached hydrogen (secondary N) is 1. The molecule has 160 valence electrons. The summed E-state index contributed by atoms with van der Waals surface area (Å²) in [6.45, 7) is 1.90. The Hall–Kier alpha value is -3.16. The summed E-state index contributed by atoms with van der Waals surface area (Å²) in [5.41, 5.74) is 2.41. The summed E-state index contributed by atoms with van der Waals surface area (Å²) in [4.78, 5) is 28.4. The number of esters is 1. The van der Waals surface area contributed by atoms with Crippen LogP contribution in [0.3, 0.4) is 0 Å². The number of anilines is 1. The minimum Gasteiger partial charge on any atom is -0.493 e. The number of nitrogens with zero attached hydrogens (tertiary/aromatic N) is 1. The van der Waals surface area contributed by atoms with Crippen molar-refractivity contribution in [2.75, 3.05) is 12.4 Å². The van der Waals surface area contributed by atoms with Crippen LogP contribution in [0.5, 0.6) is 11.5 Å². The van der Waals surface area contributed by atoms with Crippen molar-refractivity contribution in [3.05, 3.63) is 64.5 Å². The van der Waals surface area contributed by atoms with E-state index < -0.39 is 0 Å². The molecule has 0 aliphatic rings. The first-order valence-electron chi connectivity index (χ1n) is 9.57. The first-order valence-corrected chi connectivity index (χ1v) is 10.8. The Balaban J connectivity index is 1.63. The van der Waals surface area contributed by atoms with Gasteiger partial charge in [0, 0.05) is 28.5 Å². The summed E-state index contributed by atoms with van der Waals surface area (Å²) in [7, 11) is 1.49. The molecule has 2 aromatic carbocycles. The van der Waals surface area contributed by atoms with Crippen molar-refractivity contribution < 1.29 is 19.1 Å². The van der Waals surface area contributed by atoms with E-state index in [1.54, 1.807) is 36.4 Å². The summed E-state index contributed by atoms with van der Waals surface area (Å²) in [5.74, 6) is 0.138. The average molecular weight is 457 g/mol. The average Bonchev–Trinajstić information content (AvgIpc) is 3.22.